The van der Waals surface area contributed by atoms with Crippen molar-refractivity contribution in [1.82, 2.24) is 14.5 Å². The molecule has 1 amide bonds. The third-order valence-corrected chi connectivity index (χ3v) is 7.60. The second-order valence-electron chi connectivity index (χ2n) is 8.00. The Kier molecular flexibility index (Phi) is 6.55. The van der Waals surface area contributed by atoms with Gasteiger partial charge in [-0.15, -0.1) is 0 Å². The van der Waals surface area contributed by atoms with Crippen LogP contribution in [0.4, 0.5) is 0 Å². The molecule has 1 N–H and O–H groups in total. The number of nitrogens with zero attached hydrogens (tertiary/aromatic N) is 2. The molecular weight excluding hydrogens is 362 g/mol. The van der Waals surface area contributed by atoms with Crippen molar-refractivity contribution in [3.05, 3.63) is 35.4 Å². The molecule has 0 spiro atoms. The van der Waals surface area contributed by atoms with E-state index in [1.165, 1.54) is 0 Å². The highest BCUT2D eigenvalue weighted by Gasteiger charge is 2.32. The monoisotopic (exact) mass is 393 g/mol. The molecule has 0 radical (unpaired) electrons. The van der Waals surface area contributed by atoms with Gasteiger partial charge in [-0.25, -0.2) is 12.7 Å². The Balaban J connectivity index is 1.48. The lowest BCUT2D eigenvalue weighted by molar-refractivity contribution is -0.127. The normalized spacial score (nSPS) is 21.3. The lowest BCUT2D eigenvalue weighted by Crippen LogP contribution is -2.48. The molecule has 2 aliphatic heterocycles. The topological polar surface area (TPSA) is 69.7 Å². The second-order valence-corrected chi connectivity index (χ2v) is 9.97. The number of hydrogen-bond acceptors (Lipinski definition) is 4. The summed E-state index contributed by atoms with van der Waals surface area (Å²) in [4.78, 5) is 14.8. The number of benzene rings is 1. The van der Waals surface area contributed by atoms with Gasteiger partial charge in [-0.05, 0) is 58.3 Å². The number of rotatable bonds is 5. The molecule has 0 atom stereocenters. The Hall–Kier alpha value is -1.44. The minimum Gasteiger partial charge on any atom is -0.353 e. The molecule has 0 bridgehead atoms. The first-order valence-electron chi connectivity index (χ1n) is 9.86. The van der Waals surface area contributed by atoms with Crippen LogP contribution in [0.3, 0.4) is 0 Å². The number of piperidine rings is 2. The van der Waals surface area contributed by atoms with Crippen LogP contribution >= 0.6 is 0 Å². The summed E-state index contributed by atoms with van der Waals surface area (Å²) < 4.78 is 26.9. The van der Waals surface area contributed by atoms with Crippen molar-refractivity contribution in [2.24, 2.45) is 5.92 Å². The van der Waals surface area contributed by atoms with Gasteiger partial charge in [-0.2, -0.15) is 0 Å². The first kappa shape index (κ1) is 20.3. The third-order valence-electron chi connectivity index (χ3n) is 5.75. The van der Waals surface area contributed by atoms with Crippen molar-refractivity contribution >= 4 is 15.9 Å². The predicted octanol–water partition coefficient (Wildman–Crippen LogP) is 1.75. The van der Waals surface area contributed by atoms with Crippen molar-refractivity contribution in [3.8, 4) is 0 Å². The summed E-state index contributed by atoms with van der Waals surface area (Å²) >= 11 is 0. The minimum absolute atomic E-state index is 0.0275. The van der Waals surface area contributed by atoms with E-state index in [1.54, 1.807) is 4.31 Å². The number of amides is 1. The standard InChI is InChI=1S/C20H31N3O3S/c1-16-3-5-17(6-4-16)15-27(25,26)23-13-7-18(8-14-23)20(24)21-19-9-11-22(2)12-10-19/h3-6,18-19H,7-15H2,1-2H3,(H,21,24). The zero-order valence-electron chi connectivity index (χ0n) is 16.4. The van der Waals surface area contributed by atoms with Gasteiger partial charge in [0.05, 0.1) is 5.75 Å². The SMILES string of the molecule is Cc1ccc(CS(=O)(=O)N2CCC(C(=O)NC3CCN(C)CC3)CC2)cc1. The maximum Gasteiger partial charge on any atom is 0.223 e. The van der Waals surface area contributed by atoms with E-state index in [0.29, 0.717) is 25.9 Å². The van der Waals surface area contributed by atoms with Gasteiger partial charge in [0.2, 0.25) is 15.9 Å². The molecule has 7 heteroatoms. The number of carbonyl (C=O) groups excluding carboxylic acids is 1. The molecule has 2 heterocycles. The van der Waals surface area contributed by atoms with Gasteiger partial charge in [0.15, 0.2) is 0 Å². The van der Waals surface area contributed by atoms with E-state index < -0.39 is 10.0 Å². The van der Waals surface area contributed by atoms with E-state index in [4.69, 9.17) is 0 Å². The van der Waals surface area contributed by atoms with Crippen molar-refractivity contribution in [2.45, 2.75) is 44.4 Å². The molecule has 1 aromatic rings. The Morgan fingerprint density at radius 2 is 1.63 bits per heavy atom. The lowest BCUT2D eigenvalue weighted by Gasteiger charge is -2.33. The largest absolute Gasteiger partial charge is 0.353 e. The van der Waals surface area contributed by atoms with Gasteiger partial charge < -0.3 is 10.2 Å². The molecule has 3 rings (SSSR count). The van der Waals surface area contributed by atoms with Crippen LogP contribution in [0.1, 0.15) is 36.8 Å². The molecular formula is C20H31N3O3S. The molecule has 0 aromatic heterocycles. The zero-order valence-corrected chi connectivity index (χ0v) is 17.2. The van der Waals surface area contributed by atoms with Crippen LogP contribution in [-0.4, -0.2) is 62.8 Å². The van der Waals surface area contributed by atoms with E-state index in [2.05, 4.69) is 17.3 Å². The molecule has 150 valence electrons. The molecule has 2 aliphatic rings. The summed E-state index contributed by atoms with van der Waals surface area (Å²) in [6, 6.07) is 7.87. The predicted molar refractivity (Wildman–Crippen MR) is 107 cm³/mol. The molecule has 6 nitrogen and oxygen atoms in total. The first-order valence-corrected chi connectivity index (χ1v) is 11.5. The van der Waals surface area contributed by atoms with Gasteiger partial charge >= 0.3 is 0 Å². The van der Waals surface area contributed by atoms with Crippen LogP contribution < -0.4 is 5.32 Å². The van der Waals surface area contributed by atoms with Crippen molar-refractivity contribution in [3.63, 3.8) is 0 Å². The van der Waals surface area contributed by atoms with E-state index >= 15 is 0 Å². The fraction of sp³-hybridized carbons (Fsp3) is 0.650. The number of carbonyl (C=O) groups is 1. The molecule has 0 saturated carbocycles. The summed E-state index contributed by atoms with van der Waals surface area (Å²) in [5, 5.41) is 3.17. The van der Waals surface area contributed by atoms with E-state index in [0.717, 1.165) is 37.1 Å². The molecule has 1 aromatic carbocycles. The fourth-order valence-corrected chi connectivity index (χ4v) is 5.42. The summed E-state index contributed by atoms with van der Waals surface area (Å²) in [5.74, 6) is 0.0512. The highest BCUT2D eigenvalue weighted by atomic mass is 32.2. The maximum absolute atomic E-state index is 12.7. The minimum atomic E-state index is -3.34. The molecule has 0 unspecified atom stereocenters. The van der Waals surface area contributed by atoms with E-state index in [9.17, 15) is 13.2 Å². The van der Waals surface area contributed by atoms with Crippen LogP contribution in [-0.2, 0) is 20.6 Å². The first-order chi connectivity index (χ1) is 12.8. The summed E-state index contributed by atoms with van der Waals surface area (Å²) in [6.45, 7) is 4.88. The zero-order chi connectivity index (χ0) is 19.4. The van der Waals surface area contributed by atoms with Crippen molar-refractivity contribution < 1.29 is 13.2 Å². The number of aryl methyl sites for hydroxylation is 1. The number of sulfonamides is 1. The lowest BCUT2D eigenvalue weighted by atomic mass is 9.96. The Bertz CT molecular complexity index is 732. The number of hydrogen-bond donors (Lipinski definition) is 1. The number of likely N-dealkylation sites (tertiary alicyclic amines) is 1. The summed E-state index contributed by atoms with van der Waals surface area (Å²) in [5.41, 5.74) is 1.93. The van der Waals surface area contributed by atoms with Crippen LogP contribution in [0.2, 0.25) is 0 Å². The Labute approximate surface area is 163 Å². The van der Waals surface area contributed by atoms with Gasteiger partial charge in [-0.1, -0.05) is 29.8 Å². The third kappa shape index (κ3) is 5.53. The maximum atomic E-state index is 12.7. The van der Waals surface area contributed by atoms with Gasteiger partial charge in [0.1, 0.15) is 0 Å². The molecule has 2 saturated heterocycles. The van der Waals surface area contributed by atoms with E-state index in [1.807, 2.05) is 31.2 Å². The summed E-state index contributed by atoms with van der Waals surface area (Å²) in [7, 11) is -1.23. The molecule has 0 aliphatic carbocycles. The Morgan fingerprint density at radius 1 is 1.04 bits per heavy atom. The summed E-state index contributed by atoms with van der Waals surface area (Å²) in [6.07, 6.45) is 3.19. The van der Waals surface area contributed by atoms with Crippen molar-refractivity contribution in [2.75, 3.05) is 33.2 Å². The van der Waals surface area contributed by atoms with Crippen molar-refractivity contribution in [1.29, 1.82) is 0 Å². The quantitative estimate of drug-likeness (QED) is 0.827. The van der Waals surface area contributed by atoms with Crippen LogP contribution in [0.5, 0.6) is 0 Å². The van der Waals surface area contributed by atoms with Crippen LogP contribution in [0.25, 0.3) is 0 Å². The van der Waals surface area contributed by atoms with E-state index in [-0.39, 0.29) is 23.6 Å². The fourth-order valence-electron chi connectivity index (χ4n) is 3.85. The highest BCUT2D eigenvalue weighted by molar-refractivity contribution is 7.88. The second kappa shape index (κ2) is 8.71. The highest BCUT2D eigenvalue weighted by Crippen LogP contribution is 2.22. The van der Waals surface area contributed by atoms with Gasteiger partial charge in [0.25, 0.3) is 0 Å². The molecule has 2 fully saturated rings. The van der Waals surface area contributed by atoms with Crippen LogP contribution in [0, 0.1) is 12.8 Å². The molecule has 27 heavy (non-hydrogen) atoms. The van der Waals surface area contributed by atoms with Gasteiger partial charge in [0, 0.05) is 25.0 Å². The van der Waals surface area contributed by atoms with Gasteiger partial charge in [-0.3, -0.25) is 4.79 Å². The number of nitrogens with one attached hydrogen (secondary N) is 1. The average molecular weight is 394 g/mol. The Morgan fingerprint density at radius 3 is 2.22 bits per heavy atom. The smallest absolute Gasteiger partial charge is 0.223 e. The average Bonchev–Trinajstić information content (AvgIpc) is 2.65. The van der Waals surface area contributed by atoms with Crippen LogP contribution in [0.15, 0.2) is 24.3 Å².